The maximum Gasteiger partial charge on any atom is 0.223 e. The molecule has 1 unspecified atom stereocenters. The third kappa shape index (κ3) is 3.97. The summed E-state index contributed by atoms with van der Waals surface area (Å²) in [6.45, 7) is 7.74. The van der Waals surface area contributed by atoms with E-state index in [1.807, 2.05) is 13.0 Å². The van der Waals surface area contributed by atoms with Crippen LogP contribution in [-0.2, 0) is 0 Å². The van der Waals surface area contributed by atoms with Gasteiger partial charge in [-0.25, -0.2) is 9.97 Å². The van der Waals surface area contributed by atoms with Gasteiger partial charge in [0.1, 0.15) is 0 Å². The lowest BCUT2D eigenvalue weighted by Gasteiger charge is -2.29. The molecule has 0 aliphatic carbocycles. The summed E-state index contributed by atoms with van der Waals surface area (Å²) < 4.78 is 0. The van der Waals surface area contributed by atoms with E-state index >= 15 is 0 Å². The van der Waals surface area contributed by atoms with Crippen LogP contribution in [0, 0.1) is 6.92 Å². The van der Waals surface area contributed by atoms with Crippen molar-refractivity contribution in [3.05, 3.63) is 18.0 Å². The zero-order valence-electron chi connectivity index (χ0n) is 10.8. The molecule has 2 heterocycles. The second-order valence-corrected chi connectivity index (χ2v) is 4.93. The first-order valence-corrected chi connectivity index (χ1v) is 6.52. The number of hydrogen-bond acceptors (Lipinski definition) is 4. The van der Waals surface area contributed by atoms with Crippen molar-refractivity contribution in [1.29, 1.82) is 0 Å². The van der Waals surface area contributed by atoms with E-state index in [-0.39, 0.29) is 0 Å². The van der Waals surface area contributed by atoms with Crippen LogP contribution < -0.4 is 5.32 Å². The second kappa shape index (κ2) is 5.96. The van der Waals surface area contributed by atoms with Gasteiger partial charge in [-0.1, -0.05) is 6.42 Å². The first kappa shape index (κ1) is 12.3. The van der Waals surface area contributed by atoms with Crippen molar-refractivity contribution >= 4 is 5.95 Å². The molecular formula is C13H22N4. The molecule has 0 saturated carbocycles. The molecule has 0 radical (unpaired) electrons. The number of anilines is 1. The van der Waals surface area contributed by atoms with Crippen LogP contribution in [0.15, 0.2) is 12.3 Å². The molecule has 1 atom stereocenters. The fourth-order valence-corrected chi connectivity index (χ4v) is 2.31. The third-order valence-corrected chi connectivity index (χ3v) is 3.15. The van der Waals surface area contributed by atoms with Crippen LogP contribution in [0.1, 0.15) is 31.9 Å². The normalized spacial score (nSPS) is 18.9. The molecule has 1 aliphatic heterocycles. The summed E-state index contributed by atoms with van der Waals surface area (Å²) in [4.78, 5) is 11.1. The monoisotopic (exact) mass is 234 g/mol. The van der Waals surface area contributed by atoms with E-state index in [1.54, 1.807) is 6.20 Å². The maximum atomic E-state index is 4.37. The van der Waals surface area contributed by atoms with Gasteiger partial charge in [0.2, 0.25) is 5.95 Å². The van der Waals surface area contributed by atoms with Crippen LogP contribution in [0.4, 0.5) is 5.95 Å². The minimum Gasteiger partial charge on any atom is -0.350 e. The SMILES string of the molecule is Cc1ccnc(NC(C)CN2CCCCC2)n1. The summed E-state index contributed by atoms with van der Waals surface area (Å²) in [5.74, 6) is 0.745. The number of aryl methyl sites for hydroxylation is 1. The number of piperidine rings is 1. The van der Waals surface area contributed by atoms with Crippen LogP contribution in [0.3, 0.4) is 0 Å². The van der Waals surface area contributed by atoms with Crippen molar-refractivity contribution in [2.75, 3.05) is 25.0 Å². The molecule has 94 valence electrons. The highest BCUT2D eigenvalue weighted by molar-refractivity contribution is 5.26. The molecular weight excluding hydrogens is 212 g/mol. The number of hydrogen-bond donors (Lipinski definition) is 1. The summed E-state index contributed by atoms with van der Waals surface area (Å²) in [5, 5.41) is 3.37. The molecule has 1 aromatic rings. The number of nitrogens with one attached hydrogen (secondary N) is 1. The fraction of sp³-hybridized carbons (Fsp3) is 0.692. The third-order valence-electron chi connectivity index (χ3n) is 3.15. The van der Waals surface area contributed by atoms with Gasteiger partial charge in [-0.05, 0) is 45.8 Å². The lowest BCUT2D eigenvalue weighted by atomic mass is 10.1. The minimum absolute atomic E-state index is 0.398. The smallest absolute Gasteiger partial charge is 0.223 e. The van der Waals surface area contributed by atoms with E-state index in [1.165, 1.54) is 32.4 Å². The summed E-state index contributed by atoms with van der Waals surface area (Å²) in [6, 6.07) is 2.32. The van der Waals surface area contributed by atoms with Gasteiger partial charge < -0.3 is 10.2 Å². The van der Waals surface area contributed by atoms with Crippen LogP contribution in [0.2, 0.25) is 0 Å². The standard InChI is InChI=1S/C13H22N4/c1-11-6-7-14-13(15-11)16-12(2)10-17-8-4-3-5-9-17/h6-7,12H,3-5,8-10H2,1-2H3,(H,14,15,16). The molecule has 0 amide bonds. The summed E-state index contributed by atoms with van der Waals surface area (Å²) in [5.41, 5.74) is 1.01. The molecule has 1 saturated heterocycles. The average molecular weight is 234 g/mol. The predicted molar refractivity (Wildman–Crippen MR) is 70.1 cm³/mol. The van der Waals surface area contributed by atoms with Gasteiger partial charge in [-0.15, -0.1) is 0 Å². The average Bonchev–Trinajstić information content (AvgIpc) is 2.30. The van der Waals surface area contributed by atoms with Crippen LogP contribution in [-0.4, -0.2) is 40.5 Å². The Labute approximate surface area is 103 Å². The maximum absolute atomic E-state index is 4.37. The van der Waals surface area contributed by atoms with E-state index < -0.39 is 0 Å². The largest absolute Gasteiger partial charge is 0.350 e. The number of likely N-dealkylation sites (tertiary alicyclic amines) is 1. The zero-order chi connectivity index (χ0) is 12.1. The Morgan fingerprint density at radius 2 is 2.12 bits per heavy atom. The highest BCUT2D eigenvalue weighted by Gasteiger charge is 2.13. The van der Waals surface area contributed by atoms with E-state index in [2.05, 4.69) is 27.1 Å². The van der Waals surface area contributed by atoms with Crippen molar-refractivity contribution in [3.63, 3.8) is 0 Å². The fourth-order valence-electron chi connectivity index (χ4n) is 2.31. The van der Waals surface area contributed by atoms with Crippen LogP contribution >= 0.6 is 0 Å². The molecule has 1 aliphatic rings. The first-order chi connectivity index (χ1) is 8.24. The highest BCUT2D eigenvalue weighted by Crippen LogP contribution is 2.10. The molecule has 4 nitrogen and oxygen atoms in total. The zero-order valence-corrected chi connectivity index (χ0v) is 10.8. The Bertz CT molecular complexity index is 347. The minimum atomic E-state index is 0.398. The summed E-state index contributed by atoms with van der Waals surface area (Å²) in [6.07, 6.45) is 5.87. The Hall–Kier alpha value is -1.16. The molecule has 1 N–H and O–H groups in total. The van der Waals surface area contributed by atoms with Crippen LogP contribution in [0.25, 0.3) is 0 Å². The van der Waals surface area contributed by atoms with Crippen molar-refractivity contribution in [1.82, 2.24) is 14.9 Å². The predicted octanol–water partition coefficient (Wildman–Crippen LogP) is 2.07. The molecule has 1 fully saturated rings. The van der Waals surface area contributed by atoms with E-state index in [9.17, 15) is 0 Å². The molecule has 0 spiro atoms. The Morgan fingerprint density at radius 1 is 1.35 bits per heavy atom. The van der Waals surface area contributed by atoms with Crippen molar-refractivity contribution < 1.29 is 0 Å². The number of aromatic nitrogens is 2. The second-order valence-electron chi connectivity index (χ2n) is 4.93. The molecule has 0 bridgehead atoms. The van der Waals surface area contributed by atoms with E-state index in [0.717, 1.165) is 18.2 Å². The van der Waals surface area contributed by atoms with Crippen molar-refractivity contribution in [2.24, 2.45) is 0 Å². The van der Waals surface area contributed by atoms with Crippen molar-refractivity contribution in [3.8, 4) is 0 Å². The molecule has 17 heavy (non-hydrogen) atoms. The molecule has 2 rings (SSSR count). The lowest BCUT2D eigenvalue weighted by molar-refractivity contribution is 0.223. The van der Waals surface area contributed by atoms with Gasteiger partial charge in [0.25, 0.3) is 0 Å². The molecule has 0 aromatic carbocycles. The van der Waals surface area contributed by atoms with Gasteiger partial charge in [0.15, 0.2) is 0 Å². The quantitative estimate of drug-likeness (QED) is 0.866. The molecule has 4 heteroatoms. The van der Waals surface area contributed by atoms with Crippen LogP contribution in [0.5, 0.6) is 0 Å². The van der Waals surface area contributed by atoms with E-state index in [4.69, 9.17) is 0 Å². The van der Waals surface area contributed by atoms with Gasteiger partial charge in [0.05, 0.1) is 0 Å². The van der Waals surface area contributed by atoms with Gasteiger partial charge in [-0.3, -0.25) is 0 Å². The first-order valence-electron chi connectivity index (χ1n) is 6.52. The van der Waals surface area contributed by atoms with Gasteiger partial charge >= 0.3 is 0 Å². The van der Waals surface area contributed by atoms with Gasteiger partial charge in [-0.2, -0.15) is 0 Å². The molecule has 1 aromatic heterocycles. The Morgan fingerprint density at radius 3 is 2.82 bits per heavy atom. The highest BCUT2D eigenvalue weighted by atomic mass is 15.2. The summed E-state index contributed by atoms with van der Waals surface area (Å²) in [7, 11) is 0. The number of nitrogens with zero attached hydrogens (tertiary/aromatic N) is 3. The number of rotatable bonds is 4. The van der Waals surface area contributed by atoms with Crippen molar-refractivity contribution in [2.45, 2.75) is 39.2 Å². The topological polar surface area (TPSA) is 41.1 Å². The van der Waals surface area contributed by atoms with Gasteiger partial charge in [0, 0.05) is 24.5 Å². The lowest BCUT2D eigenvalue weighted by Crippen LogP contribution is -2.38. The van der Waals surface area contributed by atoms with E-state index in [0.29, 0.717) is 6.04 Å². The Balaban J connectivity index is 1.82. The Kier molecular flexibility index (Phi) is 4.31. The summed E-state index contributed by atoms with van der Waals surface area (Å²) >= 11 is 0.